The molecule has 4 heterocycles. The molecule has 10 nitrogen and oxygen atoms in total. The van der Waals surface area contributed by atoms with Gasteiger partial charge in [0.05, 0.1) is 5.52 Å². The Morgan fingerprint density at radius 2 is 1.80 bits per heavy atom. The van der Waals surface area contributed by atoms with Gasteiger partial charge in [0.15, 0.2) is 11.6 Å². The Balaban J connectivity index is 1.43. The second kappa shape index (κ2) is 10.4. The number of anilines is 1. The number of fused-ring (bicyclic) bond motifs is 1. The third-order valence-electron chi connectivity index (χ3n) is 8.15. The number of aromatic nitrogens is 5. The van der Waals surface area contributed by atoms with E-state index in [0.717, 1.165) is 37.1 Å². The summed E-state index contributed by atoms with van der Waals surface area (Å²) in [5, 5.41) is 13.8. The zero-order chi connectivity index (χ0) is 28.0. The molecule has 4 aromatic rings. The Morgan fingerprint density at radius 3 is 2.48 bits per heavy atom. The van der Waals surface area contributed by atoms with Gasteiger partial charge in [0.2, 0.25) is 5.89 Å². The van der Waals surface area contributed by atoms with Crippen LogP contribution in [0.1, 0.15) is 74.5 Å². The lowest BCUT2D eigenvalue weighted by Gasteiger charge is -2.48. The van der Waals surface area contributed by atoms with Crippen LogP contribution in [0.5, 0.6) is 0 Å². The highest BCUT2D eigenvalue weighted by molar-refractivity contribution is 5.86. The van der Waals surface area contributed by atoms with Gasteiger partial charge >= 0.3 is 5.69 Å². The maximum atomic E-state index is 13.9. The monoisotopic (exact) mass is 542 g/mol. The van der Waals surface area contributed by atoms with E-state index in [1.807, 2.05) is 0 Å². The first-order valence-corrected chi connectivity index (χ1v) is 13.8. The van der Waals surface area contributed by atoms with Gasteiger partial charge in [-0.25, -0.2) is 14.2 Å². The second-order valence-electron chi connectivity index (χ2n) is 10.6. The van der Waals surface area contributed by atoms with Crippen molar-refractivity contribution in [2.24, 2.45) is 7.05 Å². The molecule has 1 aliphatic carbocycles. The average molecular weight is 543 g/mol. The maximum absolute atomic E-state index is 13.9. The molecule has 1 aromatic carbocycles. The first kappa shape index (κ1) is 26.1. The third kappa shape index (κ3) is 4.62. The molecule has 1 aliphatic heterocycles. The predicted molar refractivity (Wildman–Crippen MR) is 146 cm³/mol. The summed E-state index contributed by atoms with van der Waals surface area (Å²) in [5.41, 5.74) is 1.94. The number of benzene rings is 1. The topological polar surface area (TPSA) is 117 Å². The normalized spacial score (nSPS) is 20.5. The van der Waals surface area contributed by atoms with Crippen molar-refractivity contribution in [3.63, 3.8) is 0 Å². The minimum absolute atomic E-state index is 0.0214. The van der Waals surface area contributed by atoms with Crippen LogP contribution in [0.2, 0.25) is 0 Å². The molecule has 2 aliphatic rings. The third-order valence-corrected chi connectivity index (χ3v) is 8.15. The Bertz CT molecular complexity index is 1640. The molecule has 2 fully saturated rings. The summed E-state index contributed by atoms with van der Waals surface area (Å²) in [6.45, 7) is 5.41. The summed E-state index contributed by atoms with van der Waals surface area (Å²) in [7, 11) is 1.66. The van der Waals surface area contributed by atoms with E-state index < -0.39 is 0 Å². The summed E-state index contributed by atoms with van der Waals surface area (Å²) in [5.74, 6) is 1.78. The van der Waals surface area contributed by atoms with E-state index in [4.69, 9.17) is 9.51 Å². The van der Waals surface area contributed by atoms with Crippen molar-refractivity contribution in [3.8, 4) is 6.07 Å². The van der Waals surface area contributed by atoms with Crippen LogP contribution in [0.4, 0.5) is 10.2 Å². The average Bonchev–Trinajstić information content (AvgIpc) is 3.72. The summed E-state index contributed by atoms with van der Waals surface area (Å²) in [4.78, 5) is 31.2. The van der Waals surface area contributed by atoms with Crippen LogP contribution >= 0.6 is 0 Å². The van der Waals surface area contributed by atoms with E-state index in [9.17, 15) is 14.4 Å². The molecule has 0 N–H and O–H groups in total. The highest BCUT2D eigenvalue weighted by atomic mass is 19.1. The molecule has 3 unspecified atom stereocenters. The fourth-order valence-corrected chi connectivity index (χ4v) is 5.72. The Labute approximate surface area is 231 Å². The van der Waals surface area contributed by atoms with Crippen molar-refractivity contribution in [2.75, 3.05) is 18.0 Å². The summed E-state index contributed by atoms with van der Waals surface area (Å²) in [6, 6.07) is 11.6. The standard InChI is InChI=1S/C29H31FN8O2/c1-4-21-16-38(27-24-23(36(3)29(39)34-27)13-12-20(14-31)32-24)22(5-2)15-37(21)25(17-8-10-19(30)11-9-17)28-33-26(35-40-28)18-6-7-18/h8-13,18,21-22,25H,4-7,15-16H2,1-3H3. The molecular weight excluding hydrogens is 511 g/mol. The first-order valence-electron chi connectivity index (χ1n) is 13.8. The Hall–Kier alpha value is -4.17. The summed E-state index contributed by atoms with van der Waals surface area (Å²) >= 11 is 0. The summed E-state index contributed by atoms with van der Waals surface area (Å²) < 4.78 is 21.2. The van der Waals surface area contributed by atoms with Crippen LogP contribution in [-0.2, 0) is 7.05 Å². The lowest BCUT2D eigenvalue weighted by atomic mass is 9.96. The lowest BCUT2D eigenvalue weighted by molar-refractivity contribution is 0.0930. The molecule has 40 heavy (non-hydrogen) atoms. The quantitative estimate of drug-likeness (QED) is 0.341. The molecule has 0 radical (unpaired) electrons. The molecule has 0 amide bonds. The largest absolute Gasteiger partial charge is 0.349 e. The molecule has 0 bridgehead atoms. The number of pyridine rings is 1. The number of halogens is 1. The molecule has 6 rings (SSSR count). The van der Waals surface area contributed by atoms with Crippen LogP contribution in [0.15, 0.2) is 45.7 Å². The molecule has 206 valence electrons. The Kier molecular flexibility index (Phi) is 6.80. The number of hydrogen-bond acceptors (Lipinski definition) is 9. The molecule has 1 saturated carbocycles. The maximum Gasteiger partial charge on any atom is 0.349 e. The van der Waals surface area contributed by atoms with E-state index in [1.54, 1.807) is 31.3 Å². The highest BCUT2D eigenvalue weighted by Crippen LogP contribution is 2.41. The zero-order valence-electron chi connectivity index (χ0n) is 22.8. The van der Waals surface area contributed by atoms with Gasteiger partial charge in [0.1, 0.15) is 29.1 Å². The van der Waals surface area contributed by atoms with Crippen molar-refractivity contribution >= 4 is 16.9 Å². The number of aryl methyl sites for hydroxylation is 1. The number of nitrogens with zero attached hydrogens (tertiary/aromatic N) is 8. The lowest BCUT2D eigenvalue weighted by Crippen LogP contribution is -2.59. The predicted octanol–water partition coefficient (Wildman–Crippen LogP) is 4.07. The van der Waals surface area contributed by atoms with Crippen LogP contribution in [0.25, 0.3) is 11.0 Å². The van der Waals surface area contributed by atoms with E-state index in [1.165, 1.54) is 16.7 Å². The Morgan fingerprint density at radius 1 is 1.05 bits per heavy atom. The number of nitriles is 1. The van der Waals surface area contributed by atoms with Gasteiger partial charge < -0.3 is 9.42 Å². The molecule has 3 atom stereocenters. The minimum atomic E-state index is -0.373. The highest BCUT2D eigenvalue weighted by Gasteiger charge is 2.41. The van der Waals surface area contributed by atoms with E-state index in [-0.39, 0.29) is 35.3 Å². The van der Waals surface area contributed by atoms with E-state index >= 15 is 0 Å². The second-order valence-corrected chi connectivity index (χ2v) is 10.6. The minimum Gasteiger partial charge on any atom is -0.349 e. The van der Waals surface area contributed by atoms with Crippen molar-refractivity contribution < 1.29 is 8.91 Å². The number of hydrogen-bond donors (Lipinski definition) is 0. The molecular formula is C29H31FN8O2. The van der Waals surface area contributed by atoms with Crippen LogP contribution < -0.4 is 10.6 Å². The first-order chi connectivity index (χ1) is 19.4. The van der Waals surface area contributed by atoms with E-state index in [2.05, 4.69) is 44.8 Å². The van der Waals surface area contributed by atoms with Crippen molar-refractivity contribution in [1.29, 1.82) is 5.26 Å². The van der Waals surface area contributed by atoms with E-state index in [0.29, 0.717) is 41.7 Å². The molecule has 0 spiro atoms. The SMILES string of the molecule is CCC1CN(C(c2ccc(F)cc2)c2nc(C3CC3)no2)C(CC)CN1c1nc(=O)n(C)c2ccc(C#N)nc12. The van der Waals surface area contributed by atoms with Crippen molar-refractivity contribution in [3.05, 3.63) is 75.7 Å². The number of rotatable bonds is 7. The summed E-state index contributed by atoms with van der Waals surface area (Å²) in [6.07, 6.45) is 3.70. The zero-order valence-corrected chi connectivity index (χ0v) is 22.8. The van der Waals surface area contributed by atoms with Gasteiger partial charge in [0, 0.05) is 38.1 Å². The van der Waals surface area contributed by atoms with Gasteiger partial charge in [-0.2, -0.15) is 15.2 Å². The fourth-order valence-electron chi connectivity index (χ4n) is 5.72. The molecule has 3 aromatic heterocycles. The number of piperazine rings is 1. The van der Waals surface area contributed by atoms with Crippen molar-refractivity contribution in [2.45, 2.75) is 63.6 Å². The van der Waals surface area contributed by atoms with Gasteiger partial charge in [0.25, 0.3) is 0 Å². The van der Waals surface area contributed by atoms with Gasteiger partial charge in [-0.1, -0.05) is 31.1 Å². The smallest absolute Gasteiger partial charge is 0.349 e. The van der Waals surface area contributed by atoms with Gasteiger partial charge in [-0.3, -0.25) is 9.47 Å². The molecule has 11 heteroatoms. The van der Waals surface area contributed by atoms with Gasteiger partial charge in [-0.15, -0.1) is 0 Å². The molecule has 1 saturated heterocycles. The van der Waals surface area contributed by atoms with Crippen molar-refractivity contribution in [1.82, 2.24) is 29.6 Å². The fraction of sp³-hybridized carbons (Fsp3) is 0.448. The van der Waals surface area contributed by atoms with Crippen LogP contribution in [0.3, 0.4) is 0 Å². The van der Waals surface area contributed by atoms with Gasteiger partial charge in [-0.05, 0) is 55.5 Å². The van der Waals surface area contributed by atoms with Crippen LogP contribution in [-0.4, -0.2) is 54.7 Å². The van der Waals surface area contributed by atoms with Crippen LogP contribution in [0, 0.1) is 17.1 Å².